The number of rotatable bonds is 4. The average Bonchev–Trinajstić information content (AvgIpc) is 3.22. The van der Waals surface area contributed by atoms with Gasteiger partial charge in [0.05, 0.1) is 40.2 Å². The van der Waals surface area contributed by atoms with Crippen LogP contribution in [-0.4, -0.2) is 30.2 Å². The van der Waals surface area contributed by atoms with E-state index in [1.807, 2.05) is 24.3 Å². The van der Waals surface area contributed by atoms with E-state index in [-0.39, 0.29) is 5.97 Å². The third-order valence-electron chi connectivity index (χ3n) is 3.62. The quantitative estimate of drug-likeness (QED) is 0.535. The van der Waals surface area contributed by atoms with Crippen molar-refractivity contribution < 1.29 is 14.3 Å². The number of methoxy groups -OCH3 is 2. The van der Waals surface area contributed by atoms with Gasteiger partial charge in [-0.2, -0.15) is 0 Å². The van der Waals surface area contributed by atoms with Crippen molar-refractivity contribution in [3.8, 4) is 5.75 Å². The zero-order valence-electron chi connectivity index (χ0n) is 13.4. The van der Waals surface area contributed by atoms with Crippen molar-refractivity contribution in [1.82, 2.24) is 9.97 Å². The minimum atomic E-state index is -0.357. The van der Waals surface area contributed by atoms with Crippen LogP contribution in [0.4, 0.5) is 10.3 Å². The van der Waals surface area contributed by atoms with E-state index < -0.39 is 0 Å². The second kappa shape index (κ2) is 6.30. The highest BCUT2D eigenvalue weighted by atomic mass is 32.1. The van der Waals surface area contributed by atoms with Crippen molar-refractivity contribution in [2.75, 3.05) is 19.5 Å². The smallest absolute Gasteiger partial charge is 0.337 e. The predicted octanol–water partition coefficient (Wildman–Crippen LogP) is 4.44. The number of nitrogens with zero attached hydrogens (tertiary/aromatic N) is 2. The monoisotopic (exact) mass is 371 g/mol. The van der Waals surface area contributed by atoms with Crippen molar-refractivity contribution in [3.63, 3.8) is 0 Å². The number of benzene rings is 2. The Bertz CT molecular complexity index is 1090. The van der Waals surface area contributed by atoms with Crippen molar-refractivity contribution in [3.05, 3.63) is 42.0 Å². The summed E-state index contributed by atoms with van der Waals surface area (Å²) >= 11 is 3.01. The molecule has 4 rings (SSSR count). The van der Waals surface area contributed by atoms with Crippen LogP contribution >= 0.6 is 22.7 Å². The molecule has 0 aliphatic rings. The van der Waals surface area contributed by atoms with E-state index in [1.54, 1.807) is 30.6 Å². The lowest BCUT2D eigenvalue weighted by atomic mass is 10.2. The maximum atomic E-state index is 11.6. The summed E-state index contributed by atoms with van der Waals surface area (Å²) < 4.78 is 12.0. The topological polar surface area (TPSA) is 73.3 Å². The van der Waals surface area contributed by atoms with Gasteiger partial charge in [0.15, 0.2) is 10.3 Å². The lowest BCUT2D eigenvalue weighted by Crippen LogP contribution is -1.99. The van der Waals surface area contributed by atoms with Crippen LogP contribution in [0.3, 0.4) is 0 Å². The van der Waals surface area contributed by atoms with Gasteiger partial charge in [0.25, 0.3) is 0 Å². The Hall–Kier alpha value is -2.71. The number of hydrogen-bond donors (Lipinski definition) is 1. The standard InChI is InChI=1S/C17H13N3O3S2/c1-22-10-4-6-13-12(8-10)19-17(24-13)20-16-18-11-5-3-9(15(21)23-2)7-14(11)25-16/h3-8H,1-2H3,(H,18,19,20). The molecule has 6 nitrogen and oxygen atoms in total. The molecule has 1 N–H and O–H groups in total. The maximum absolute atomic E-state index is 11.6. The van der Waals surface area contributed by atoms with E-state index in [1.165, 1.54) is 18.4 Å². The maximum Gasteiger partial charge on any atom is 0.337 e. The number of thiazole rings is 2. The van der Waals surface area contributed by atoms with Crippen LogP contribution in [0.5, 0.6) is 5.75 Å². The number of aromatic nitrogens is 2. The Morgan fingerprint density at radius 1 is 0.960 bits per heavy atom. The highest BCUT2D eigenvalue weighted by Crippen LogP contribution is 2.33. The van der Waals surface area contributed by atoms with Gasteiger partial charge < -0.3 is 14.8 Å². The van der Waals surface area contributed by atoms with E-state index in [9.17, 15) is 4.79 Å². The second-order valence-electron chi connectivity index (χ2n) is 5.17. The number of carbonyl (C=O) groups excluding carboxylic acids is 1. The molecule has 0 amide bonds. The SMILES string of the molecule is COC(=O)c1ccc2nc(Nc3nc4cc(OC)ccc4s3)sc2c1. The molecule has 126 valence electrons. The van der Waals surface area contributed by atoms with Crippen LogP contribution in [0, 0.1) is 0 Å². The fourth-order valence-corrected chi connectivity index (χ4v) is 4.22. The first-order valence-electron chi connectivity index (χ1n) is 7.37. The van der Waals surface area contributed by atoms with Gasteiger partial charge >= 0.3 is 5.97 Å². The van der Waals surface area contributed by atoms with Crippen LogP contribution < -0.4 is 10.1 Å². The highest BCUT2D eigenvalue weighted by molar-refractivity contribution is 7.24. The molecular weight excluding hydrogens is 358 g/mol. The number of nitrogens with one attached hydrogen (secondary N) is 1. The van der Waals surface area contributed by atoms with Gasteiger partial charge in [0.2, 0.25) is 0 Å². The first kappa shape index (κ1) is 15.8. The zero-order valence-corrected chi connectivity index (χ0v) is 15.0. The summed E-state index contributed by atoms with van der Waals surface area (Å²) in [5.41, 5.74) is 2.21. The molecule has 8 heteroatoms. The van der Waals surface area contributed by atoms with Crippen molar-refractivity contribution in [2.45, 2.75) is 0 Å². The van der Waals surface area contributed by atoms with Crippen LogP contribution in [0.15, 0.2) is 36.4 Å². The van der Waals surface area contributed by atoms with Crippen LogP contribution in [0.1, 0.15) is 10.4 Å². The lowest BCUT2D eigenvalue weighted by Gasteiger charge is -1.97. The van der Waals surface area contributed by atoms with Gasteiger partial charge in [0.1, 0.15) is 5.75 Å². The van der Waals surface area contributed by atoms with Crippen LogP contribution in [0.25, 0.3) is 20.4 Å². The molecule has 25 heavy (non-hydrogen) atoms. The Balaban J connectivity index is 1.64. The number of ether oxygens (including phenoxy) is 2. The third kappa shape index (κ3) is 3.01. The Morgan fingerprint density at radius 2 is 1.72 bits per heavy atom. The molecule has 2 aromatic carbocycles. The summed E-state index contributed by atoms with van der Waals surface area (Å²) in [7, 11) is 3.00. The molecule has 0 unspecified atom stereocenters. The third-order valence-corrected chi connectivity index (χ3v) is 5.50. The molecule has 0 saturated carbocycles. The number of esters is 1. The molecule has 0 spiro atoms. The van der Waals surface area contributed by atoms with E-state index in [4.69, 9.17) is 9.47 Å². The largest absolute Gasteiger partial charge is 0.497 e. The molecule has 0 aliphatic heterocycles. The van der Waals surface area contributed by atoms with E-state index in [0.29, 0.717) is 5.56 Å². The average molecular weight is 371 g/mol. The Kier molecular flexibility index (Phi) is 3.98. The van der Waals surface area contributed by atoms with E-state index in [2.05, 4.69) is 15.3 Å². The molecule has 0 atom stereocenters. The molecule has 0 bridgehead atoms. The molecule has 0 fully saturated rings. The molecular formula is C17H13N3O3S2. The first-order valence-corrected chi connectivity index (χ1v) is 9.00. The van der Waals surface area contributed by atoms with E-state index in [0.717, 1.165) is 36.4 Å². The van der Waals surface area contributed by atoms with Crippen molar-refractivity contribution in [2.24, 2.45) is 0 Å². The van der Waals surface area contributed by atoms with Gasteiger partial charge in [-0.1, -0.05) is 22.7 Å². The lowest BCUT2D eigenvalue weighted by molar-refractivity contribution is 0.0601. The zero-order chi connectivity index (χ0) is 17.4. The summed E-state index contributed by atoms with van der Waals surface area (Å²) in [6, 6.07) is 11.1. The highest BCUT2D eigenvalue weighted by Gasteiger charge is 2.11. The van der Waals surface area contributed by atoms with Crippen LogP contribution in [0.2, 0.25) is 0 Å². The van der Waals surface area contributed by atoms with E-state index >= 15 is 0 Å². The van der Waals surface area contributed by atoms with Crippen molar-refractivity contribution in [1.29, 1.82) is 0 Å². The van der Waals surface area contributed by atoms with Gasteiger partial charge in [-0.3, -0.25) is 0 Å². The summed E-state index contributed by atoms with van der Waals surface area (Å²) in [5, 5.41) is 4.73. The minimum absolute atomic E-state index is 0.357. The number of fused-ring (bicyclic) bond motifs is 2. The fraction of sp³-hybridized carbons (Fsp3) is 0.118. The Labute approximate surface area is 151 Å². The summed E-state index contributed by atoms with van der Waals surface area (Å²) in [4.78, 5) is 20.7. The first-order chi connectivity index (χ1) is 12.2. The fourth-order valence-electron chi connectivity index (χ4n) is 2.40. The summed E-state index contributed by atoms with van der Waals surface area (Å²) in [5.74, 6) is 0.421. The molecule has 0 aliphatic carbocycles. The molecule has 0 saturated heterocycles. The minimum Gasteiger partial charge on any atom is -0.497 e. The molecule has 2 heterocycles. The van der Waals surface area contributed by atoms with Gasteiger partial charge in [-0.15, -0.1) is 0 Å². The number of anilines is 2. The van der Waals surface area contributed by atoms with Gasteiger partial charge in [0, 0.05) is 6.07 Å². The Morgan fingerprint density at radius 3 is 2.48 bits per heavy atom. The normalized spacial score (nSPS) is 11.0. The van der Waals surface area contributed by atoms with Crippen molar-refractivity contribution >= 4 is 59.3 Å². The van der Waals surface area contributed by atoms with Crippen LogP contribution in [-0.2, 0) is 4.74 Å². The summed E-state index contributed by atoms with van der Waals surface area (Å²) in [6.07, 6.45) is 0. The molecule has 2 aromatic heterocycles. The second-order valence-corrected chi connectivity index (χ2v) is 7.23. The molecule has 0 radical (unpaired) electrons. The number of carbonyl (C=O) groups is 1. The summed E-state index contributed by atoms with van der Waals surface area (Å²) in [6.45, 7) is 0. The number of hydrogen-bond acceptors (Lipinski definition) is 8. The van der Waals surface area contributed by atoms with Gasteiger partial charge in [-0.05, 0) is 30.3 Å². The van der Waals surface area contributed by atoms with Gasteiger partial charge in [-0.25, -0.2) is 14.8 Å². The predicted molar refractivity (Wildman–Crippen MR) is 100 cm³/mol. The molecule has 4 aromatic rings.